The molecule has 4 heterocycles. The first-order valence-electron chi connectivity index (χ1n) is 11.9. The monoisotopic (exact) mass is 496 g/mol. The number of carbonyl (C=O) groups excluding carboxylic acids is 2. The van der Waals surface area contributed by atoms with Gasteiger partial charge in [0, 0.05) is 29.7 Å². The zero-order valence-corrected chi connectivity index (χ0v) is 20.6. The molecule has 180 valence electrons. The molecule has 0 atom stereocenters. The minimum atomic E-state index is -0.227. The summed E-state index contributed by atoms with van der Waals surface area (Å²) in [5.74, 6) is 0.293. The molecule has 0 unspecified atom stereocenters. The molecule has 0 radical (unpaired) electrons. The second kappa shape index (κ2) is 9.20. The lowest BCUT2D eigenvalue weighted by Gasteiger charge is -2.33. The van der Waals surface area contributed by atoms with E-state index in [1.807, 2.05) is 60.4 Å². The van der Waals surface area contributed by atoms with Crippen LogP contribution in [0.25, 0.3) is 22.0 Å². The number of pyridine rings is 1. The van der Waals surface area contributed by atoms with E-state index >= 15 is 0 Å². The van der Waals surface area contributed by atoms with Crippen molar-refractivity contribution in [2.45, 2.75) is 19.9 Å². The van der Waals surface area contributed by atoms with Crippen molar-refractivity contribution in [1.29, 1.82) is 0 Å². The number of hydrogen-bond acceptors (Lipinski definition) is 6. The van der Waals surface area contributed by atoms with Gasteiger partial charge in [-0.3, -0.25) is 19.5 Å². The van der Waals surface area contributed by atoms with E-state index in [0.29, 0.717) is 24.5 Å². The smallest absolute Gasteiger partial charge is 0.265 e. The number of thiazole rings is 1. The number of fused-ring (bicyclic) bond motifs is 2. The number of aromatic nitrogens is 2. The Kier molecular flexibility index (Phi) is 5.73. The van der Waals surface area contributed by atoms with Gasteiger partial charge in [-0.2, -0.15) is 0 Å². The van der Waals surface area contributed by atoms with E-state index in [2.05, 4.69) is 17.1 Å². The van der Waals surface area contributed by atoms with Crippen molar-refractivity contribution in [2.75, 3.05) is 24.6 Å². The van der Waals surface area contributed by atoms with Crippen LogP contribution < -0.4 is 9.64 Å². The Hall–Kier alpha value is -4.04. The molecule has 7 nitrogen and oxygen atoms in total. The molecule has 0 saturated carbocycles. The maximum absolute atomic E-state index is 13.3. The van der Waals surface area contributed by atoms with E-state index in [-0.39, 0.29) is 25.0 Å². The average molecular weight is 497 g/mol. The number of amides is 2. The third-order valence-electron chi connectivity index (χ3n) is 6.63. The lowest BCUT2D eigenvalue weighted by atomic mass is 10.00. The normalized spacial score (nSPS) is 14.8. The van der Waals surface area contributed by atoms with Crippen LogP contribution in [0.2, 0.25) is 0 Å². The van der Waals surface area contributed by atoms with E-state index in [1.165, 1.54) is 5.56 Å². The molecule has 2 aromatic carbocycles. The molecule has 4 aromatic rings. The molecule has 2 aliphatic rings. The van der Waals surface area contributed by atoms with E-state index in [9.17, 15) is 9.59 Å². The molecule has 0 saturated heterocycles. The number of ether oxygens (including phenoxy) is 1. The summed E-state index contributed by atoms with van der Waals surface area (Å²) in [7, 11) is 0. The number of aryl methyl sites for hydroxylation is 1. The quantitative estimate of drug-likeness (QED) is 0.416. The van der Waals surface area contributed by atoms with E-state index in [1.54, 1.807) is 22.4 Å². The number of hydrogen-bond donors (Lipinski definition) is 0. The summed E-state index contributed by atoms with van der Waals surface area (Å²) >= 11 is 1.58. The van der Waals surface area contributed by atoms with Crippen LogP contribution in [0.15, 0.2) is 66.9 Å². The maximum Gasteiger partial charge on any atom is 0.265 e. The molecule has 0 bridgehead atoms. The van der Waals surface area contributed by atoms with Gasteiger partial charge in [0.05, 0.1) is 17.1 Å². The standard InChI is InChI=1S/C28H24N4O3S/c1-18-27(30-28(36-18)22-8-4-5-12-29-22)20-9-10-24-23(14-20)32(26(34)17-35-24)16-25(33)31-13-11-19-6-2-3-7-21(19)15-31/h2-10,12,14H,11,13,15-17H2,1H3. The predicted molar refractivity (Wildman–Crippen MR) is 139 cm³/mol. The number of rotatable bonds is 4. The maximum atomic E-state index is 13.3. The summed E-state index contributed by atoms with van der Waals surface area (Å²) in [5.41, 5.74) is 5.57. The van der Waals surface area contributed by atoms with Crippen molar-refractivity contribution in [1.82, 2.24) is 14.9 Å². The summed E-state index contributed by atoms with van der Waals surface area (Å²) < 4.78 is 5.69. The van der Waals surface area contributed by atoms with Gasteiger partial charge in [-0.15, -0.1) is 11.3 Å². The molecule has 0 N–H and O–H groups in total. The molecule has 0 aliphatic carbocycles. The Balaban J connectivity index is 1.28. The fourth-order valence-electron chi connectivity index (χ4n) is 4.73. The first-order valence-corrected chi connectivity index (χ1v) is 12.7. The van der Waals surface area contributed by atoms with Gasteiger partial charge >= 0.3 is 0 Å². The summed E-state index contributed by atoms with van der Waals surface area (Å²) in [4.78, 5) is 39.8. The highest BCUT2D eigenvalue weighted by atomic mass is 32.1. The van der Waals surface area contributed by atoms with Gasteiger partial charge in [0.1, 0.15) is 17.3 Å². The van der Waals surface area contributed by atoms with Crippen molar-refractivity contribution in [3.05, 3.63) is 82.9 Å². The van der Waals surface area contributed by atoms with E-state index < -0.39 is 0 Å². The molecule has 0 spiro atoms. The Bertz CT molecular complexity index is 1470. The highest BCUT2D eigenvalue weighted by molar-refractivity contribution is 7.15. The number of nitrogens with zero attached hydrogens (tertiary/aromatic N) is 4. The molecule has 2 amide bonds. The molecule has 8 heteroatoms. The number of benzene rings is 2. The number of anilines is 1. The second-order valence-corrected chi connectivity index (χ2v) is 10.1. The van der Waals surface area contributed by atoms with Crippen LogP contribution >= 0.6 is 11.3 Å². The summed E-state index contributed by atoms with van der Waals surface area (Å²) in [6, 6.07) is 19.6. The molecular weight excluding hydrogens is 472 g/mol. The Morgan fingerprint density at radius 3 is 2.75 bits per heavy atom. The predicted octanol–water partition coefficient (Wildman–Crippen LogP) is 4.49. The summed E-state index contributed by atoms with van der Waals surface area (Å²) in [5, 5.41) is 0.838. The van der Waals surface area contributed by atoms with Gasteiger partial charge in [0.2, 0.25) is 5.91 Å². The van der Waals surface area contributed by atoms with Gasteiger partial charge in [0.25, 0.3) is 5.91 Å². The minimum Gasteiger partial charge on any atom is -0.482 e. The molecule has 2 aliphatic heterocycles. The summed E-state index contributed by atoms with van der Waals surface area (Å²) in [6.45, 7) is 3.14. The van der Waals surface area contributed by atoms with Gasteiger partial charge in [-0.05, 0) is 54.8 Å². The van der Waals surface area contributed by atoms with Crippen LogP contribution in [0.1, 0.15) is 16.0 Å². The largest absolute Gasteiger partial charge is 0.482 e. The summed E-state index contributed by atoms with van der Waals surface area (Å²) in [6.07, 6.45) is 2.57. The fourth-order valence-corrected chi connectivity index (χ4v) is 5.64. The second-order valence-electron chi connectivity index (χ2n) is 8.92. The van der Waals surface area contributed by atoms with Crippen molar-refractivity contribution in [2.24, 2.45) is 0 Å². The first-order chi connectivity index (χ1) is 17.6. The van der Waals surface area contributed by atoms with Crippen LogP contribution in [-0.2, 0) is 22.6 Å². The van der Waals surface area contributed by atoms with E-state index in [0.717, 1.165) is 38.8 Å². The van der Waals surface area contributed by atoms with Crippen LogP contribution in [0.3, 0.4) is 0 Å². The highest BCUT2D eigenvalue weighted by Gasteiger charge is 2.30. The SMILES string of the molecule is Cc1sc(-c2ccccn2)nc1-c1ccc2c(c1)N(CC(=O)N1CCc3ccccc3C1)C(=O)CO2. The van der Waals surface area contributed by atoms with Crippen LogP contribution in [0.5, 0.6) is 5.75 Å². The van der Waals surface area contributed by atoms with Gasteiger partial charge in [0.15, 0.2) is 6.61 Å². The molecule has 2 aromatic heterocycles. The molecular formula is C28H24N4O3S. The fraction of sp³-hybridized carbons (Fsp3) is 0.214. The third-order valence-corrected chi connectivity index (χ3v) is 7.63. The first kappa shape index (κ1) is 22.4. The lowest BCUT2D eigenvalue weighted by Crippen LogP contribution is -2.47. The number of carbonyl (C=O) groups is 2. The Labute approximate surface area is 213 Å². The van der Waals surface area contributed by atoms with Crippen LogP contribution in [0, 0.1) is 6.92 Å². The van der Waals surface area contributed by atoms with Gasteiger partial charge in [-0.25, -0.2) is 4.98 Å². The van der Waals surface area contributed by atoms with Crippen molar-refractivity contribution < 1.29 is 14.3 Å². The third kappa shape index (κ3) is 4.13. The molecule has 0 fully saturated rings. The van der Waals surface area contributed by atoms with Gasteiger partial charge in [-0.1, -0.05) is 30.3 Å². The lowest BCUT2D eigenvalue weighted by molar-refractivity contribution is -0.132. The van der Waals surface area contributed by atoms with Crippen molar-refractivity contribution in [3.63, 3.8) is 0 Å². The topological polar surface area (TPSA) is 75.6 Å². The van der Waals surface area contributed by atoms with E-state index in [4.69, 9.17) is 9.72 Å². The Morgan fingerprint density at radius 2 is 1.92 bits per heavy atom. The molecule has 6 rings (SSSR count). The van der Waals surface area contributed by atoms with Crippen molar-refractivity contribution >= 4 is 28.8 Å². The van der Waals surface area contributed by atoms with Crippen molar-refractivity contribution in [3.8, 4) is 27.7 Å². The highest BCUT2D eigenvalue weighted by Crippen LogP contribution is 2.39. The zero-order chi connectivity index (χ0) is 24.6. The average Bonchev–Trinajstić information content (AvgIpc) is 3.31. The Morgan fingerprint density at radius 1 is 1.08 bits per heavy atom. The van der Waals surface area contributed by atoms with Crippen LogP contribution in [0.4, 0.5) is 5.69 Å². The zero-order valence-electron chi connectivity index (χ0n) is 19.8. The minimum absolute atomic E-state index is 0.0178. The van der Waals surface area contributed by atoms with Crippen LogP contribution in [-0.4, -0.2) is 46.4 Å². The molecule has 36 heavy (non-hydrogen) atoms. The van der Waals surface area contributed by atoms with Gasteiger partial charge < -0.3 is 9.64 Å².